The lowest BCUT2D eigenvalue weighted by molar-refractivity contribution is -0.127. The second-order valence-corrected chi connectivity index (χ2v) is 8.49. The third-order valence-corrected chi connectivity index (χ3v) is 5.19. The van der Waals surface area contributed by atoms with Crippen LogP contribution >= 0.6 is 24.0 Å². The van der Waals surface area contributed by atoms with E-state index in [1.54, 1.807) is 45.3 Å². The van der Waals surface area contributed by atoms with Gasteiger partial charge in [-0.05, 0) is 41.8 Å². The van der Waals surface area contributed by atoms with Gasteiger partial charge in [0.25, 0.3) is 0 Å². The van der Waals surface area contributed by atoms with E-state index in [-0.39, 0.29) is 53.7 Å². The minimum atomic E-state index is -3.75. The van der Waals surface area contributed by atoms with E-state index in [2.05, 4.69) is 15.6 Å². The quantitative estimate of drug-likeness (QED) is 0.270. The van der Waals surface area contributed by atoms with E-state index in [1.807, 2.05) is 0 Å². The lowest BCUT2D eigenvalue weighted by Crippen LogP contribution is -2.42. The summed E-state index contributed by atoms with van der Waals surface area (Å²) in [5, 5.41) is 11.2. The predicted molar refractivity (Wildman–Crippen MR) is 129 cm³/mol. The van der Waals surface area contributed by atoms with Gasteiger partial charge in [0.15, 0.2) is 5.96 Å². The highest BCUT2D eigenvalue weighted by molar-refractivity contribution is 14.0. The number of amides is 1. The maximum absolute atomic E-state index is 13.4. The van der Waals surface area contributed by atoms with E-state index < -0.39 is 10.0 Å². The van der Waals surface area contributed by atoms with Crippen LogP contribution in [0.25, 0.3) is 0 Å². The molecule has 2 aromatic carbocycles. The molecule has 170 valence electrons. The number of carbonyl (C=O) groups is 1. The van der Waals surface area contributed by atoms with Gasteiger partial charge < -0.3 is 15.5 Å². The number of nitrogens with two attached hydrogens (primary N) is 1. The first-order chi connectivity index (χ1) is 14.1. The molecule has 4 N–H and O–H groups in total. The molecule has 0 radical (unpaired) electrons. The molecular weight excluding hydrogens is 536 g/mol. The monoisotopic (exact) mass is 563 g/mol. The summed E-state index contributed by atoms with van der Waals surface area (Å²) < 4.78 is 36.2. The number of hydrogen-bond donors (Lipinski definition) is 3. The second kappa shape index (κ2) is 12.0. The molecule has 0 aliphatic carbocycles. The predicted octanol–water partition coefficient (Wildman–Crippen LogP) is 1.72. The Balaban J connectivity index is 0.00000480. The van der Waals surface area contributed by atoms with Crippen molar-refractivity contribution in [3.05, 3.63) is 65.0 Å². The van der Waals surface area contributed by atoms with Crippen molar-refractivity contribution in [2.24, 2.45) is 10.1 Å². The van der Waals surface area contributed by atoms with Crippen molar-refractivity contribution >= 4 is 45.9 Å². The molecule has 0 saturated heterocycles. The summed E-state index contributed by atoms with van der Waals surface area (Å²) in [7, 11) is -0.438. The molecule has 0 fully saturated rings. The standard InChI is InChI=1S/C20H26FN5O3S.HI/c1-14-10-16(6-9-18(14)21)12-24-20(25-13-19(27)26(2)3)23-11-15-4-7-17(8-5-15)30(22,28)29;/h4-10H,11-13H2,1-3H3,(H2,22,28,29)(H2,23,24,25);1H. The maximum Gasteiger partial charge on any atom is 0.241 e. The molecule has 0 aromatic heterocycles. The molecule has 0 saturated carbocycles. The number of benzene rings is 2. The zero-order chi connectivity index (χ0) is 22.3. The highest BCUT2D eigenvalue weighted by atomic mass is 127. The first-order valence-corrected chi connectivity index (χ1v) is 10.7. The Kier molecular flexibility index (Phi) is 10.3. The van der Waals surface area contributed by atoms with Crippen LogP contribution in [-0.4, -0.2) is 45.8 Å². The molecule has 0 spiro atoms. The van der Waals surface area contributed by atoms with Crippen LogP contribution in [0.4, 0.5) is 4.39 Å². The highest BCUT2D eigenvalue weighted by Crippen LogP contribution is 2.10. The van der Waals surface area contributed by atoms with Crippen LogP contribution < -0.4 is 15.8 Å². The largest absolute Gasteiger partial charge is 0.352 e. The molecule has 0 heterocycles. The summed E-state index contributed by atoms with van der Waals surface area (Å²) in [4.78, 5) is 17.8. The Hall–Kier alpha value is -2.25. The Morgan fingerprint density at radius 1 is 1.10 bits per heavy atom. The van der Waals surface area contributed by atoms with Gasteiger partial charge in [-0.15, -0.1) is 24.0 Å². The van der Waals surface area contributed by atoms with Crippen molar-refractivity contribution in [2.45, 2.75) is 24.9 Å². The number of likely N-dealkylation sites (N-methyl/N-ethyl adjacent to an activating group) is 1. The van der Waals surface area contributed by atoms with Crippen LogP contribution in [0.5, 0.6) is 0 Å². The molecule has 1 amide bonds. The van der Waals surface area contributed by atoms with Gasteiger partial charge in [0.1, 0.15) is 5.82 Å². The number of sulfonamides is 1. The number of aryl methyl sites for hydroxylation is 1. The molecule has 8 nitrogen and oxygen atoms in total. The van der Waals surface area contributed by atoms with Gasteiger partial charge in [-0.25, -0.2) is 22.9 Å². The van der Waals surface area contributed by atoms with E-state index in [9.17, 15) is 17.6 Å². The Morgan fingerprint density at radius 2 is 1.71 bits per heavy atom. The number of nitrogens with zero attached hydrogens (tertiary/aromatic N) is 2. The first-order valence-electron chi connectivity index (χ1n) is 9.15. The summed E-state index contributed by atoms with van der Waals surface area (Å²) in [6.07, 6.45) is 0. The molecule has 0 aliphatic heterocycles. The number of rotatable bonds is 7. The van der Waals surface area contributed by atoms with Crippen LogP contribution in [0.3, 0.4) is 0 Å². The molecular formula is C20H27FIN5O3S. The fourth-order valence-electron chi connectivity index (χ4n) is 2.45. The highest BCUT2D eigenvalue weighted by Gasteiger charge is 2.09. The summed E-state index contributed by atoms with van der Waals surface area (Å²) >= 11 is 0. The van der Waals surface area contributed by atoms with E-state index >= 15 is 0 Å². The molecule has 31 heavy (non-hydrogen) atoms. The van der Waals surface area contributed by atoms with Crippen molar-refractivity contribution < 1.29 is 17.6 Å². The molecule has 2 rings (SSSR count). The zero-order valence-corrected chi connectivity index (χ0v) is 20.7. The first kappa shape index (κ1) is 26.8. The zero-order valence-electron chi connectivity index (χ0n) is 17.6. The smallest absolute Gasteiger partial charge is 0.241 e. The number of primary sulfonamides is 1. The van der Waals surface area contributed by atoms with Gasteiger partial charge in [0.05, 0.1) is 18.0 Å². The van der Waals surface area contributed by atoms with Gasteiger partial charge in [-0.3, -0.25) is 4.79 Å². The fourth-order valence-corrected chi connectivity index (χ4v) is 2.97. The van der Waals surface area contributed by atoms with Crippen molar-refractivity contribution in [3.8, 4) is 0 Å². The number of nitrogens with one attached hydrogen (secondary N) is 2. The third-order valence-electron chi connectivity index (χ3n) is 4.26. The summed E-state index contributed by atoms with van der Waals surface area (Å²) in [6.45, 7) is 2.36. The second-order valence-electron chi connectivity index (χ2n) is 6.93. The molecule has 0 aliphatic rings. The van der Waals surface area contributed by atoms with Crippen LogP contribution in [0, 0.1) is 12.7 Å². The third kappa shape index (κ3) is 8.79. The van der Waals surface area contributed by atoms with Crippen LogP contribution in [0.1, 0.15) is 16.7 Å². The molecule has 2 aromatic rings. The summed E-state index contributed by atoms with van der Waals surface area (Å²) in [6, 6.07) is 10.9. The fraction of sp³-hybridized carbons (Fsp3) is 0.300. The average molecular weight is 563 g/mol. The van der Waals surface area contributed by atoms with Crippen molar-refractivity contribution in [1.82, 2.24) is 15.5 Å². The average Bonchev–Trinajstić information content (AvgIpc) is 2.69. The van der Waals surface area contributed by atoms with E-state index in [0.29, 0.717) is 18.1 Å². The number of hydrogen-bond acceptors (Lipinski definition) is 4. The molecule has 0 atom stereocenters. The Morgan fingerprint density at radius 3 is 2.26 bits per heavy atom. The van der Waals surface area contributed by atoms with Crippen LogP contribution in [-0.2, 0) is 27.9 Å². The van der Waals surface area contributed by atoms with Gasteiger partial charge in [-0.2, -0.15) is 0 Å². The number of halogens is 2. The minimum absolute atomic E-state index is 0. The topological polar surface area (TPSA) is 117 Å². The van der Waals surface area contributed by atoms with Crippen molar-refractivity contribution in [1.29, 1.82) is 0 Å². The van der Waals surface area contributed by atoms with Crippen molar-refractivity contribution in [2.75, 3.05) is 20.6 Å². The van der Waals surface area contributed by atoms with E-state index in [1.165, 1.54) is 23.1 Å². The summed E-state index contributed by atoms with van der Waals surface area (Å²) in [5.41, 5.74) is 2.16. The molecule has 0 bridgehead atoms. The van der Waals surface area contributed by atoms with Gasteiger partial charge >= 0.3 is 0 Å². The lowest BCUT2D eigenvalue weighted by atomic mass is 10.1. The SMILES string of the molecule is Cc1cc(CN=C(NCC(=O)N(C)C)NCc2ccc(S(N)(=O)=O)cc2)ccc1F.I. The Bertz CT molecular complexity index is 1030. The lowest BCUT2D eigenvalue weighted by Gasteiger charge is -2.15. The van der Waals surface area contributed by atoms with Gasteiger partial charge in [0, 0.05) is 20.6 Å². The van der Waals surface area contributed by atoms with Crippen molar-refractivity contribution in [3.63, 3.8) is 0 Å². The van der Waals surface area contributed by atoms with E-state index in [4.69, 9.17) is 5.14 Å². The molecule has 11 heteroatoms. The van der Waals surface area contributed by atoms with E-state index in [0.717, 1.165) is 11.1 Å². The number of aliphatic imine (C=N–C) groups is 1. The minimum Gasteiger partial charge on any atom is -0.352 e. The normalized spacial score (nSPS) is 11.5. The van der Waals surface area contributed by atoms with Gasteiger partial charge in [0.2, 0.25) is 15.9 Å². The summed E-state index contributed by atoms with van der Waals surface area (Å²) in [5.74, 6) is -0.0129. The van der Waals surface area contributed by atoms with Crippen LogP contribution in [0.15, 0.2) is 52.4 Å². The Labute approximate surface area is 199 Å². The number of guanidine groups is 1. The van der Waals surface area contributed by atoms with Gasteiger partial charge in [-0.1, -0.05) is 24.3 Å². The van der Waals surface area contributed by atoms with Crippen LogP contribution in [0.2, 0.25) is 0 Å². The number of carbonyl (C=O) groups excluding carboxylic acids is 1. The maximum atomic E-state index is 13.4. The molecule has 0 unspecified atom stereocenters.